The normalized spacial score (nSPS) is 34.2. The zero-order valence-electron chi connectivity index (χ0n) is 12.8. The third-order valence-corrected chi connectivity index (χ3v) is 5.23. The fourth-order valence-electron chi connectivity index (χ4n) is 3.81. The van der Waals surface area contributed by atoms with Gasteiger partial charge < -0.3 is 5.32 Å². The molecule has 0 aromatic rings. The number of nitrogens with one attached hydrogen (secondary N) is 1. The van der Waals surface area contributed by atoms with Crippen LogP contribution in [-0.2, 0) is 0 Å². The molecule has 18 heavy (non-hydrogen) atoms. The molecule has 1 saturated carbocycles. The summed E-state index contributed by atoms with van der Waals surface area (Å²) in [5.74, 6) is 0.942. The zero-order chi connectivity index (χ0) is 13.2. The lowest BCUT2D eigenvalue weighted by Gasteiger charge is -2.49. The van der Waals surface area contributed by atoms with E-state index in [1.54, 1.807) is 0 Å². The topological polar surface area (TPSA) is 15.3 Å². The van der Waals surface area contributed by atoms with Crippen molar-refractivity contribution in [1.82, 2.24) is 10.2 Å². The molecule has 1 N–H and O–H groups in total. The van der Waals surface area contributed by atoms with Crippen LogP contribution in [0, 0.1) is 5.92 Å². The van der Waals surface area contributed by atoms with Gasteiger partial charge in [0.05, 0.1) is 0 Å². The number of nitrogens with zero attached hydrogens (tertiary/aromatic N) is 1. The lowest BCUT2D eigenvalue weighted by atomic mass is 9.88. The molecule has 2 heteroatoms. The molecule has 2 rings (SSSR count). The van der Waals surface area contributed by atoms with Crippen molar-refractivity contribution in [2.45, 2.75) is 83.8 Å². The van der Waals surface area contributed by atoms with Crippen molar-refractivity contribution >= 4 is 0 Å². The second kappa shape index (κ2) is 5.92. The Morgan fingerprint density at radius 2 is 1.89 bits per heavy atom. The van der Waals surface area contributed by atoms with E-state index in [4.69, 9.17) is 0 Å². The van der Waals surface area contributed by atoms with Gasteiger partial charge in [0.25, 0.3) is 0 Å². The summed E-state index contributed by atoms with van der Waals surface area (Å²) < 4.78 is 0. The van der Waals surface area contributed by atoms with Gasteiger partial charge in [-0.1, -0.05) is 27.2 Å². The van der Waals surface area contributed by atoms with Gasteiger partial charge in [0, 0.05) is 30.7 Å². The second-order valence-electron chi connectivity index (χ2n) is 6.66. The van der Waals surface area contributed by atoms with Crippen molar-refractivity contribution < 1.29 is 0 Å². The Morgan fingerprint density at radius 3 is 2.39 bits per heavy atom. The summed E-state index contributed by atoms with van der Waals surface area (Å²) in [6, 6.07) is 1.56. The van der Waals surface area contributed by atoms with Crippen LogP contribution in [0.25, 0.3) is 0 Å². The Kier molecular flexibility index (Phi) is 4.71. The highest BCUT2D eigenvalue weighted by atomic mass is 15.3. The van der Waals surface area contributed by atoms with Crippen LogP contribution >= 0.6 is 0 Å². The molecule has 2 aliphatic rings. The quantitative estimate of drug-likeness (QED) is 0.779. The van der Waals surface area contributed by atoms with E-state index in [-0.39, 0.29) is 0 Å². The van der Waals surface area contributed by atoms with E-state index in [0.717, 1.165) is 18.0 Å². The van der Waals surface area contributed by atoms with Crippen LogP contribution in [0.1, 0.15) is 66.2 Å². The molecule has 1 heterocycles. The standard InChI is InChI=1S/C16H32N2/c1-5-8-15-11-17-16(4,13-9-10-13)12-18(15)14(6-2)7-3/h13-15,17H,5-12H2,1-4H3. The number of hydrogen-bond donors (Lipinski definition) is 1. The van der Waals surface area contributed by atoms with Crippen molar-refractivity contribution in [3.63, 3.8) is 0 Å². The minimum Gasteiger partial charge on any atom is -0.308 e. The van der Waals surface area contributed by atoms with Crippen LogP contribution in [-0.4, -0.2) is 35.6 Å². The molecule has 1 saturated heterocycles. The minimum atomic E-state index is 0.396. The first kappa shape index (κ1) is 14.3. The fraction of sp³-hybridized carbons (Fsp3) is 1.00. The van der Waals surface area contributed by atoms with Gasteiger partial charge in [-0.15, -0.1) is 0 Å². The average molecular weight is 252 g/mol. The van der Waals surface area contributed by atoms with E-state index in [0.29, 0.717) is 5.54 Å². The summed E-state index contributed by atoms with van der Waals surface area (Å²) in [5.41, 5.74) is 0.396. The summed E-state index contributed by atoms with van der Waals surface area (Å²) >= 11 is 0. The predicted molar refractivity (Wildman–Crippen MR) is 78.9 cm³/mol. The van der Waals surface area contributed by atoms with E-state index < -0.39 is 0 Å². The number of hydrogen-bond acceptors (Lipinski definition) is 2. The molecule has 0 aromatic heterocycles. The minimum absolute atomic E-state index is 0.396. The maximum atomic E-state index is 3.88. The van der Waals surface area contributed by atoms with Gasteiger partial charge in [-0.25, -0.2) is 0 Å². The van der Waals surface area contributed by atoms with Gasteiger partial charge in [0.15, 0.2) is 0 Å². The van der Waals surface area contributed by atoms with Gasteiger partial charge in [-0.3, -0.25) is 4.90 Å². The second-order valence-corrected chi connectivity index (χ2v) is 6.66. The van der Waals surface area contributed by atoms with E-state index >= 15 is 0 Å². The highest BCUT2D eigenvalue weighted by molar-refractivity contribution is 5.04. The third kappa shape index (κ3) is 2.91. The molecule has 1 aliphatic carbocycles. The molecule has 1 aliphatic heterocycles. The Hall–Kier alpha value is -0.0800. The largest absolute Gasteiger partial charge is 0.308 e. The molecule has 2 atom stereocenters. The lowest BCUT2D eigenvalue weighted by molar-refractivity contribution is 0.0311. The SMILES string of the molecule is CCCC1CNC(C)(C2CC2)CN1C(CC)CC. The molecule has 2 unspecified atom stereocenters. The van der Waals surface area contributed by atoms with E-state index in [1.807, 2.05) is 0 Å². The number of rotatable bonds is 6. The van der Waals surface area contributed by atoms with Gasteiger partial charge in [0.2, 0.25) is 0 Å². The molecule has 0 bridgehead atoms. The summed E-state index contributed by atoms with van der Waals surface area (Å²) in [4.78, 5) is 2.85. The van der Waals surface area contributed by atoms with Crippen LogP contribution in [0.3, 0.4) is 0 Å². The van der Waals surface area contributed by atoms with E-state index in [2.05, 4.69) is 37.9 Å². The first-order chi connectivity index (χ1) is 8.64. The van der Waals surface area contributed by atoms with Crippen molar-refractivity contribution in [2.24, 2.45) is 5.92 Å². The summed E-state index contributed by atoms with van der Waals surface area (Å²) in [5, 5.41) is 3.88. The van der Waals surface area contributed by atoms with Crippen molar-refractivity contribution in [3.8, 4) is 0 Å². The average Bonchev–Trinajstić information content (AvgIpc) is 3.19. The fourth-order valence-corrected chi connectivity index (χ4v) is 3.81. The van der Waals surface area contributed by atoms with Crippen LogP contribution in [0.5, 0.6) is 0 Å². The van der Waals surface area contributed by atoms with Gasteiger partial charge in [-0.05, 0) is 44.9 Å². The maximum Gasteiger partial charge on any atom is 0.0309 e. The molecule has 2 fully saturated rings. The van der Waals surface area contributed by atoms with Gasteiger partial charge >= 0.3 is 0 Å². The van der Waals surface area contributed by atoms with Crippen LogP contribution in [0.15, 0.2) is 0 Å². The summed E-state index contributed by atoms with van der Waals surface area (Å²) in [6.45, 7) is 12.0. The molecule has 106 valence electrons. The summed E-state index contributed by atoms with van der Waals surface area (Å²) in [7, 11) is 0. The first-order valence-electron chi connectivity index (χ1n) is 8.15. The molecule has 0 radical (unpaired) electrons. The monoisotopic (exact) mass is 252 g/mol. The lowest BCUT2D eigenvalue weighted by Crippen LogP contribution is -2.65. The highest BCUT2D eigenvalue weighted by Gasteiger charge is 2.46. The molecule has 0 aromatic carbocycles. The molecule has 0 amide bonds. The molecular weight excluding hydrogens is 220 g/mol. The summed E-state index contributed by atoms with van der Waals surface area (Å²) in [6.07, 6.45) is 8.15. The molecule has 0 spiro atoms. The third-order valence-electron chi connectivity index (χ3n) is 5.23. The highest BCUT2D eigenvalue weighted by Crippen LogP contribution is 2.42. The Morgan fingerprint density at radius 1 is 1.22 bits per heavy atom. The smallest absolute Gasteiger partial charge is 0.0309 e. The Balaban J connectivity index is 2.06. The van der Waals surface area contributed by atoms with Crippen LogP contribution < -0.4 is 5.32 Å². The van der Waals surface area contributed by atoms with Crippen LogP contribution in [0.2, 0.25) is 0 Å². The van der Waals surface area contributed by atoms with E-state index in [1.165, 1.54) is 51.6 Å². The van der Waals surface area contributed by atoms with Crippen molar-refractivity contribution in [2.75, 3.05) is 13.1 Å². The van der Waals surface area contributed by atoms with Gasteiger partial charge in [-0.2, -0.15) is 0 Å². The van der Waals surface area contributed by atoms with E-state index in [9.17, 15) is 0 Å². The molecular formula is C16H32N2. The van der Waals surface area contributed by atoms with Crippen LogP contribution in [0.4, 0.5) is 0 Å². The Bertz CT molecular complexity index is 258. The maximum absolute atomic E-state index is 3.88. The molecule has 2 nitrogen and oxygen atoms in total. The first-order valence-corrected chi connectivity index (χ1v) is 8.15. The van der Waals surface area contributed by atoms with Gasteiger partial charge in [0.1, 0.15) is 0 Å². The number of piperazine rings is 1. The Labute approximate surface area is 114 Å². The van der Waals surface area contributed by atoms with Crippen molar-refractivity contribution in [3.05, 3.63) is 0 Å². The predicted octanol–water partition coefficient (Wildman–Crippen LogP) is 3.42. The zero-order valence-corrected chi connectivity index (χ0v) is 12.8. The van der Waals surface area contributed by atoms with Crippen molar-refractivity contribution in [1.29, 1.82) is 0 Å².